The van der Waals surface area contributed by atoms with Crippen LogP contribution < -0.4 is 0 Å². The summed E-state index contributed by atoms with van der Waals surface area (Å²) in [6.07, 6.45) is 5.65. The van der Waals surface area contributed by atoms with E-state index in [1.165, 1.54) is 11.1 Å². The second kappa shape index (κ2) is 7.98. The maximum Gasteiger partial charge on any atom is 0.270 e. The lowest BCUT2D eigenvalue weighted by Gasteiger charge is -2.32. The molecule has 28 heavy (non-hydrogen) atoms. The van der Waals surface area contributed by atoms with Crippen LogP contribution >= 0.6 is 0 Å². The summed E-state index contributed by atoms with van der Waals surface area (Å²) in [5.41, 5.74) is 5.30. The molecule has 0 radical (unpaired) electrons. The van der Waals surface area contributed by atoms with Crippen LogP contribution in [0.4, 0.5) is 0 Å². The average Bonchev–Trinajstić information content (AvgIpc) is 3.14. The molecule has 3 heterocycles. The van der Waals surface area contributed by atoms with E-state index in [9.17, 15) is 4.79 Å². The Bertz CT molecular complexity index is 938. The third kappa shape index (κ3) is 3.99. The number of benzene rings is 1. The molecule has 0 N–H and O–H groups in total. The normalized spacial score (nSPS) is 15.0. The fourth-order valence-electron chi connectivity index (χ4n) is 3.58. The lowest BCUT2D eigenvalue weighted by atomic mass is 10.1. The van der Waals surface area contributed by atoms with Crippen molar-refractivity contribution >= 4 is 5.91 Å². The number of piperazine rings is 1. The van der Waals surface area contributed by atoms with Gasteiger partial charge in [0.2, 0.25) is 0 Å². The smallest absolute Gasteiger partial charge is 0.270 e. The van der Waals surface area contributed by atoms with Crippen LogP contribution in [0.1, 0.15) is 21.6 Å². The molecule has 0 spiro atoms. The van der Waals surface area contributed by atoms with Gasteiger partial charge in [-0.05, 0) is 43.3 Å². The lowest BCUT2D eigenvalue weighted by Crippen LogP contribution is -2.47. The molecule has 2 aromatic heterocycles. The van der Waals surface area contributed by atoms with Crippen LogP contribution in [0.25, 0.3) is 11.1 Å². The van der Waals surface area contributed by atoms with Gasteiger partial charge in [-0.15, -0.1) is 0 Å². The highest BCUT2D eigenvalue weighted by Gasteiger charge is 2.24. The molecule has 5 nitrogen and oxygen atoms in total. The third-order valence-corrected chi connectivity index (χ3v) is 5.39. The highest BCUT2D eigenvalue weighted by Crippen LogP contribution is 2.24. The second-order valence-electron chi connectivity index (χ2n) is 7.56. The highest BCUT2D eigenvalue weighted by atomic mass is 16.2. The van der Waals surface area contributed by atoms with Gasteiger partial charge in [-0.3, -0.25) is 9.78 Å². The summed E-state index contributed by atoms with van der Waals surface area (Å²) in [7, 11) is 2.10. The summed E-state index contributed by atoms with van der Waals surface area (Å²) < 4.78 is 2.08. The summed E-state index contributed by atoms with van der Waals surface area (Å²) in [5.74, 6) is 0.112. The van der Waals surface area contributed by atoms with E-state index < -0.39 is 0 Å². The van der Waals surface area contributed by atoms with E-state index in [1.54, 1.807) is 12.4 Å². The van der Waals surface area contributed by atoms with Crippen molar-refractivity contribution in [3.8, 4) is 11.1 Å². The van der Waals surface area contributed by atoms with Crippen molar-refractivity contribution < 1.29 is 4.79 Å². The molecule has 1 aromatic carbocycles. The van der Waals surface area contributed by atoms with Gasteiger partial charge in [0.15, 0.2) is 0 Å². The van der Waals surface area contributed by atoms with E-state index >= 15 is 0 Å². The number of rotatable bonds is 4. The molecule has 0 aliphatic carbocycles. The van der Waals surface area contributed by atoms with Crippen molar-refractivity contribution in [3.63, 3.8) is 0 Å². The highest BCUT2D eigenvalue weighted by molar-refractivity contribution is 5.94. The molecule has 0 unspecified atom stereocenters. The first-order valence-electron chi connectivity index (χ1n) is 9.74. The van der Waals surface area contributed by atoms with Crippen LogP contribution in [0.2, 0.25) is 0 Å². The molecular formula is C23H26N4O. The van der Waals surface area contributed by atoms with Crippen LogP contribution in [0.15, 0.2) is 61.1 Å². The maximum absolute atomic E-state index is 13.3. The second-order valence-corrected chi connectivity index (χ2v) is 7.56. The van der Waals surface area contributed by atoms with Crippen molar-refractivity contribution in [2.24, 2.45) is 0 Å². The number of pyridine rings is 1. The van der Waals surface area contributed by atoms with E-state index in [1.807, 2.05) is 23.1 Å². The van der Waals surface area contributed by atoms with Gasteiger partial charge in [0, 0.05) is 56.9 Å². The molecule has 1 aliphatic rings. The minimum Gasteiger partial charge on any atom is -0.338 e. The van der Waals surface area contributed by atoms with Crippen LogP contribution in [-0.2, 0) is 6.54 Å². The Morgan fingerprint density at radius 3 is 2.32 bits per heavy atom. The van der Waals surface area contributed by atoms with Gasteiger partial charge in [0.1, 0.15) is 5.69 Å². The Balaban J connectivity index is 1.67. The fraction of sp³-hybridized carbons (Fsp3) is 0.304. The zero-order valence-electron chi connectivity index (χ0n) is 16.5. The van der Waals surface area contributed by atoms with Crippen LogP contribution in [-0.4, -0.2) is 58.5 Å². The topological polar surface area (TPSA) is 41.4 Å². The number of amides is 1. The van der Waals surface area contributed by atoms with Gasteiger partial charge in [-0.2, -0.15) is 0 Å². The van der Waals surface area contributed by atoms with Crippen molar-refractivity contribution in [2.45, 2.75) is 13.5 Å². The van der Waals surface area contributed by atoms with E-state index in [0.29, 0.717) is 6.54 Å². The molecule has 0 atom stereocenters. The van der Waals surface area contributed by atoms with Crippen molar-refractivity contribution in [1.82, 2.24) is 19.4 Å². The first kappa shape index (κ1) is 18.4. The molecule has 1 aliphatic heterocycles. The zero-order chi connectivity index (χ0) is 19.5. The van der Waals surface area contributed by atoms with Gasteiger partial charge in [-0.1, -0.05) is 29.8 Å². The summed E-state index contributed by atoms with van der Waals surface area (Å²) in [6, 6.07) is 14.5. The third-order valence-electron chi connectivity index (χ3n) is 5.39. The molecule has 1 fully saturated rings. The number of aryl methyl sites for hydroxylation is 1. The van der Waals surface area contributed by atoms with Crippen molar-refractivity contribution in [3.05, 3.63) is 77.9 Å². The number of hydrogen-bond donors (Lipinski definition) is 0. The van der Waals surface area contributed by atoms with Gasteiger partial charge in [0.25, 0.3) is 5.91 Å². The Morgan fingerprint density at radius 1 is 0.964 bits per heavy atom. The van der Waals surface area contributed by atoms with E-state index in [-0.39, 0.29) is 5.91 Å². The van der Waals surface area contributed by atoms with Gasteiger partial charge in [-0.25, -0.2) is 0 Å². The average molecular weight is 374 g/mol. The van der Waals surface area contributed by atoms with Crippen LogP contribution in [0.5, 0.6) is 0 Å². The minimum atomic E-state index is 0.112. The molecule has 0 bridgehead atoms. The fourth-order valence-corrected chi connectivity index (χ4v) is 3.58. The largest absolute Gasteiger partial charge is 0.338 e. The first-order chi connectivity index (χ1) is 13.6. The predicted molar refractivity (Wildman–Crippen MR) is 111 cm³/mol. The molecular weight excluding hydrogens is 348 g/mol. The summed E-state index contributed by atoms with van der Waals surface area (Å²) >= 11 is 0. The Labute approximate surface area is 166 Å². The van der Waals surface area contributed by atoms with E-state index in [4.69, 9.17) is 0 Å². The van der Waals surface area contributed by atoms with E-state index in [0.717, 1.165) is 43.0 Å². The van der Waals surface area contributed by atoms with Crippen LogP contribution in [0.3, 0.4) is 0 Å². The number of nitrogens with zero attached hydrogens (tertiary/aromatic N) is 4. The van der Waals surface area contributed by atoms with Gasteiger partial charge in [0.05, 0.1) is 0 Å². The van der Waals surface area contributed by atoms with Crippen molar-refractivity contribution in [1.29, 1.82) is 0 Å². The van der Waals surface area contributed by atoms with Gasteiger partial charge < -0.3 is 14.4 Å². The Hall–Kier alpha value is -2.92. The standard InChI is InChI=1S/C23H26N4O/c1-18-3-5-19(6-4-18)16-27-17-21(20-7-9-24-10-8-20)15-22(27)23(28)26-13-11-25(2)12-14-26/h3-10,15,17H,11-14,16H2,1-2H3. The molecule has 3 aromatic rings. The molecule has 0 saturated carbocycles. The first-order valence-corrected chi connectivity index (χ1v) is 9.74. The van der Waals surface area contributed by atoms with Gasteiger partial charge >= 0.3 is 0 Å². The van der Waals surface area contributed by atoms with Crippen LogP contribution in [0, 0.1) is 6.92 Å². The SMILES string of the molecule is Cc1ccc(Cn2cc(-c3ccncc3)cc2C(=O)N2CCN(C)CC2)cc1. The number of likely N-dealkylation sites (N-methyl/N-ethyl adjacent to an activating group) is 1. The number of hydrogen-bond acceptors (Lipinski definition) is 3. The monoisotopic (exact) mass is 374 g/mol. The molecule has 1 amide bonds. The van der Waals surface area contributed by atoms with Crippen molar-refractivity contribution in [2.75, 3.05) is 33.2 Å². The lowest BCUT2D eigenvalue weighted by molar-refractivity contribution is 0.0654. The molecule has 4 rings (SSSR count). The number of carbonyl (C=O) groups excluding carboxylic acids is 1. The Morgan fingerprint density at radius 2 is 1.64 bits per heavy atom. The minimum absolute atomic E-state index is 0.112. The zero-order valence-corrected chi connectivity index (χ0v) is 16.5. The molecule has 1 saturated heterocycles. The van der Waals surface area contributed by atoms with E-state index in [2.05, 4.69) is 58.9 Å². The number of carbonyl (C=O) groups is 1. The number of aromatic nitrogens is 2. The summed E-state index contributed by atoms with van der Waals surface area (Å²) in [6.45, 7) is 6.15. The Kier molecular flexibility index (Phi) is 5.26. The maximum atomic E-state index is 13.3. The molecule has 144 valence electrons. The molecule has 5 heteroatoms. The predicted octanol–water partition coefficient (Wildman–Crippen LogP) is 3.29. The summed E-state index contributed by atoms with van der Waals surface area (Å²) in [5, 5.41) is 0. The summed E-state index contributed by atoms with van der Waals surface area (Å²) in [4.78, 5) is 21.6. The quantitative estimate of drug-likeness (QED) is 0.704.